The first-order valence-electron chi connectivity index (χ1n) is 9.40. The molecule has 178 valence electrons. The molecule has 0 aliphatic carbocycles. The number of nitrogens with two attached hydrogens (primary N) is 2. The van der Waals surface area contributed by atoms with Crippen molar-refractivity contribution in [2.24, 2.45) is 11.5 Å². The summed E-state index contributed by atoms with van der Waals surface area (Å²) >= 11 is 1.37. The first kappa shape index (κ1) is 28.6. The van der Waals surface area contributed by atoms with Crippen molar-refractivity contribution in [1.29, 1.82) is 0 Å². The fourth-order valence-electron chi connectivity index (χ4n) is 2.32. The summed E-state index contributed by atoms with van der Waals surface area (Å²) in [4.78, 5) is 59.0. The molecule has 0 aromatic heterocycles. The lowest BCUT2D eigenvalue weighted by atomic mass is 10.1. The van der Waals surface area contributed by atoms with Crippen molar-refractivity contribution in [2.45, 2.75) is 56.5 Å². The number of carboxylic acids is 1. The lowest BCUT2D eigenvalue weighted by Crippen LogP contribution is -2.59. The van der Waals surface area contributed by atoms with E-state index in [1.165, 1.54) is 18.7 Å². The van der Waals surface area contributed by atoms with E-state index in [1.54, 1.807) is 6.26 Å². The molecular weight excluding hydrogens is 434 g/mol. The van der Waals surface area contributed by atoms with Gasteiger partial charge in [0.2, 0.25) is 23.6 Å². The van der Waals surface area contributed by atoms with Crippen LogP contribution in [0.4, 0.5) is 0 Å². The van der Waals surface area contributed by atoms with Gasteiger partial charge in [0, 0.05) is 6.42 Å². The normalized spacial score (nSPS) is 15.6. The average molecular weight is 466 g/mol. The minimum Gasteiger partial charge on any atom is -0.480 e. The average Bonchev–Trinajstić information content (AvgIpc) is 2.69. The van der Waals surface area contributed by atoms with Crippen LogP contribution < -0.4 is 27.4 Å². The van der Waals surface area contributed by atoms with Gasteiger partial charge in [0.05, 0.1) is 18.8 Å². The number of hydrogen-bond donors (Lipinski definition) is 8. The van der Waals surface area contributed by atoms with Gasteiger partial charge < -0.3 is 42.7 Å². The number of carbonyl (C=O) groups is 5. The van der Waals surface area contributed by atoms with Crippen molar-refractivity contribution < 1.29 is 39.3 Å². The molecule has 5 atom stereocenters. The van der Waals surface area contributed by atoms with E-state index in [2.05, 4.69) is 16.0 Å². The van der Waals surface area contributed by atoms with E-state index >= 15 is 0 Å². The molecule has 0 aliphatic rings. The fourth-order valence-corrected chi connectivity index (χ4v) is 2.79. The maximum Gasteiger partial charge on any atom is 0.328 e. The number of thioether (sulfide) groups is 1. The fraction of sp³-hybridized carbons (Fsp3) is 0.706. The molecule has 5 unspecified atom stereocenters. The molecule has 0 fully saturated rings. The van der Waals surface area contributed by atoms with Gasteiger partial charge in [-0.1, -0.05) is 0 Å². The van der Waals surface area contributed by atoms with Gasteiger partial charge in [-0.05, 0) is 31.8 Å². The first-order chi connectivity index (χ1) is 14.4. The second-order valence-corrected chi connectivity index (χ2v) is 7.75. The van der Waals surface area contributed by atoms with Crippen LogP contribution in [0, 0.1) is 0 Å². The summed E-state index contributed by atoms with van der Waals surface area (Å²) in [6.45, 7) is 0.385. The Morgan fingerprint density at radius 1 is 0.968 bits per heavy atom. The summed E-state index contributed by atoms with van der Waals surface area (Å²) in [5, 5.41) is 34.8. The first-order valence-corrected chi connectivity index (χ1v) is 10.8. The largest absolute Gasteiger partial charge is 0.480 e. The molecule has 0 bridgehead atoms. The molecule has 0 heterocycles. The Balaban J connectivity index is 5.16. The van der Waals surface area contributed by atoms with Gasteiger partial charge in [-0.2, -0.15) is 11.8 Å². The van der Waals surface area contributed by atoms with E-state index in [0.29, 0.717) is 5.75 Å². The van der Waals surface area contributed by atoms with E-state index in [1.807, 2.05) is 0 Å². The van der Waals surface area contributed by atoms with Gasteiger partial charge in [0.15, 0.2) is 6.04 Å². The molecule has 0 aliphatic heterocycles. The maximum atomic E-state index is 12.5. The number of carboxylic acid groups (broad SMARTS) is 1. The molecule has 0 aromatic carbocycles. The van der Waals surface area contributed by atoms with Crippen molar-refractivity contribution >= 4 is 41.4 Å². The Hall–Kier alpha value is -2.42. The van der Waals surface area contributed by atoms with Gasteiger partial charge in [0.1, 0.15) is 12.1 Å². The smallest absolute Gasteiger partial charge is 0.328 e. The van der Waals surface area contributed by atoms with Crippen molar-refractivity contribution in [3.8, 4) is 0 Å². The Labute approximate surface area is 183 Å². The highest BCUT2D eigenvalue weighted by molar-refractivity contribution is 7.98. The van der Waals surface area contributed by atoms with Gasteiger partial charge in [-0.3, -0.25) is 19.2 Å². The number of hydrogen-bond acceptors (Lipinski definition) is 9. The van der Waals surface area contributed by atoms with Gasteiger partial charge >= 0.3 is 5.97 Å². The van der Waals surface area contributed by atoms with Crippen LogP contribution in [0.2, 0.25) is 0 Å². The number of amides is 4. The SMILES string of the molecule is CSCCC(NC(=O)C(CO)NC(=O)C(N)CCC(N)=O)C(=O)NC(C(=O)O)C(C)O. The molecule has 0 rings (SSSR count). The molecule has 10 N–H and O–H groups in total. The highest BCUT2D eigenvalue weighted by Crippen LogP contribution is 2.04. The number of nitrogens with one attached hydrogen (secondary N) is 3. The summed E-state index contributed by atoms with van der Waals surface area (Å²) in [6.07, 6.45) is 0.293. The van der Waals surface area contributed by atoms with Crippen LogP contribution in [0.15, 0.2) is 0 Å². The van der Waals surface area contributed by atoms with Crippen LogP contribution in [0.1, 0.15) is 26.2 Å². The number of rotatable bonds is 15. The maximum absolute atomic E-state index is 12.5. The third-order valence-corrected chi connectivity index (χ3v) is 4.79. The van der Waals surface area contributed by atoms with Crippen molar-refractivity contribution in [3.05, 3.63) is 0 Å². The molecular formula is C17H31N5O8S. The van der Waals surface area contributed by atoms with Crippen LogP contribution in [0.5, 0.6) is 0 Å². The number of aliphatic hydroxyl groups is 2. The summed E-state index contributed by atoms with van der Waals surface area (Å²) in [5.74, 6) is -4.23. The topological polar surface area (TPSA) is 234 Å². The van der Waals surface area contributed by atoms with E-state index in [4.69, 9.17) is 16.6 Å². The monoisotopic (exact) mass is 465 g/mol. The molecule has 14 heteroatoms. The second-order valence-electron chi connectivity index (χ2n) is 6.76. The Kier molecular flexibility index (Phi) is 13.4. The van der Waals surface area contributed by atoms with E-state index in [0.717, 1.165) is 0 Å². The van der Waals surface area contributed by atoms with Crippen molar-refractivity contribution in [3.63, 3.8) is 0 Å². The van der Waals surface area contributed by atoms with Crippen LogP contribution in [0.25, 0.3) is 0 Å². The number of aliphatic hydroxyl groups excluding tert-OH is 2. The van der Waals surface area contributed by atoms with Gasteiger partial charge in [-0.15, -0.1) is 0 Å². The zero-order chi connectivity index (χ0) is 24.1. The predicted molar refractivity (Wildman–Crippen MR) is 112 cm³/mol. The van der Waals surface area contributed by atoms with E-state index in [-0.39, 0.29) is 19.3 Å². The van der Waals surface area contributed by atoms with E-state index in [9.17, 15) is 34.2 Å². The predicted octanol–water partition coefficient (Wildman–Crippen LogP) is -3.76. The minimum atomic E-state index is -1.59. The highest BCUT2D eigenvalue weighted by atomic mass is 32.2. The Morgan fingerprint density at radius 2 is 1.52 bits per heavy atom. The molecule has 0 aromatic rings. The van der Waals surface area contributed by atoms with Crippen molar-refractivity contribution in [2.75, 3.05) is 18.6 Å². The van der Waals surface area contributed by atoms with Crippen LogP contribution in [0.3, 0.4) is 0 Å². The lowest BCUT2D eigenvalue weighted by molar-refractivity contribution is -0.145. The Bertz CT molecular complexity index is 648. The minimum absolute atomic E-state index is 0.0599. The Morgan fingerprint density at radius 3 is 1.97 bits per heavy atom. The molecule has 0 saturated carbocycles. The third kappa shape index (κ3) is 11.0. The quantitative estimate of drug-likeness (QED) is 0.118. The number of aliphatic carboxylic acids is 1. The third-order valence-electron chi connectivity index (χ3n) is 4.14. The van der Waals surface area contributed by atoms with Gasteiger partial charge in [-0.25, -0.2) is 4.79 Å². The molecule has 0 saturated heterocycles. The van der Waals surface area contributed by atoms with Crippen LogP contribution in [-0.4, -0.2) is 93.8 Å². The van der Waals surface area contributed by atoms with Crippen LogP contribution in [-0.2, 0) is 24.0 Å². The standard InChI is InChI=1S/C17H31N5O8S/c1-8(24)13(17(29)30)22-15(27)10(5-6-31-2)20-16(28)11(7-23)21-14(26)9(18)3-4-12(19)25/h8-11,13,23-24H,3-7,18H2,1-2H3,(H2,19,25)(H,20,28)(H,21,26)(H,22,27)(H,29,30). The molecule has 0 radical (unpaired) electrons. The molecule has 13 nitrogen and oxygen atoms in total. The molecule has 31 heavy (non-hydrogen) atoms. The second kappa shape index (κ2) is 14.6. The zero-order valence-electron chi connectivity index (χ0n) is 17.4. The number of carbonyl (C=O) groups excluding carboxylic acids is 4. The number of primary amides is 1. The molecule has 4 amide bonds. The summed E-state index contributed by atoms with van der Waals surface area (Å²) < 4.78 is 0. The van der Waals surface area contributed by atoms with Crippen molar-refractivity contribution in [1.82, 2.24) is 16.0 Å². The zero-order valence-corrected chi connectivity index (χ0v) is 18.2. The highest BCUT2D eigenvalue weighted by Gasteiger charge is 2.31. The summed E-state index contributed by atoms with van der Waals surface area (Å²) in [5.41, 5.74) is 10.6. The van der Waals surface area contributed by atoms with Gasteiger partial charge in [0.25, 0.3) is 0 Å². The summed E-state index contributed by atoms with van der Waals surface area (Å²) in [6, 6.07) is -5.36. The molecule has 0 spiro atoms. The lowest BCUT2D eigenvalue weighted by Gasteiger charge is -2.25. The van der Waals surface area contributed by atoms with E-state index < -0.39 is 66.5 Å². The van der Waals surface area contributed by atoms with Crippen LogP contribution >= 0.6 is 11.8 Å². The summed E-state index contributed by atoms with van der Waals surface area (Å²) in [7, 11) is 0.